The summed E-state index contributed by atoms with van der Waals surface area (Å²) in [5, 5.41) is 3.63. The van der Waals surface area contributed by atoms with Gasteiger partial charge in [0.15, 0.2) is 0 Å². The topological polar surface area (TPSA) is 12.0 Å². The summed E-state index contributed by atoms with van der Waals surface area (Å²) >= 11 is 0. The van der Waals surface area contributed by atoms with Crippen LogP contribution in [0.15, 0.2) is 12.2 Å². The van der Waals surface area contributed by atoms with Crippen LogP contribution in [0.3, 0.4) is 0 Å². The molecule has 0 radical (unpaired) electrons. The van der Waals surface area contributed by atoms with Gasteiger partial charge in [0.25, 0.3) is 0 Å². The first kappa shape index (κ1) is 9.26. The molecule has 0 saturated heterocycles. The van der Waals surface area contributed by atoms with Crippen LogP contribution in [0, 0.1) is 11.3 Å². The van der Waals surface area contributed by atoms with E-state index in [2.05, 4.69) is 38.2 Å². The van der Waals surface area contributed by atoms with Crippen LogP contribution >= 0.6 is 0 Å². The molecule has 2 unspecified atom stereocenters. The number of hydrogen-bond donors (Lipinski definition) is 1. The highest BCUT2D eigenvalue weighted by molar-refractivity contribution is 5.16. The number of hydrogen-bond acceptors (Lipinski definition) is 1. The van der Waals surface area contributed by atoms with E-state index in [-0.39, 0.29) is 5.54 Å². The van der Waals surface area contributed by atoms with Crippen molar-refractivity contribution in [2.45, 2.75) is 45.6 Å². The van der Waals surface area contributed by atoms with Gasteiger partial charge in [-0.1, -0.05) is 12.2 Å². The Bertz CT molecular complexity index is 224. The highest BCUT2D eigenvalue weighted by Crippen LogP contribution is 2.48. The van der Waals surface area contributed by atoms with Crippen LogP contribution in [0.5, 0.6) is 0 Å². The van der Waals surface area contributed by atoms with E-state index >= 15 is 0 Å². The molecule has 0 aliphatic heterocycles. The molecule has 13 heavy (non-hydrogen) atoms. The van der Waals surface area contributed by atoms with Gasteiger partial charge < -0.3 is 5.32 Å². The zero-order valence-electron chi connectivity index (χ0n) is 9.06. The second kappa shape index (κ2) is 2.84. The number of rotatable bonds is 2. The average Bonchev–Trinajstić information content (AvgIpc) is 2.59. The van der Waals surface area contributed by atoms with Gasteiger partial charge in [0, 0.05) is 17.5 Å². The first-order valence-electron chi connectivity index (χ1n) is 5.44. The molecule has 1 heteroatoms. The molecule has 0 amide bonds. The Kier molecular flexibility index (Phi) is 2.03. The van der Waals surface area contributed by atoms with E-state index in [0.29, 0.717) is 5.41 Å². The molecule has 2 aliphatic rings. The lowest BCUT2D eigenvalue weighted by atomic mass is 9.87. The summed E-state index contributed by atoms with van der Waals surface area (Å²) in [7, 11) is 0. The minimum Gasteiger partial charge on any atom is -0.311 e. The Morgan fingerprint density at radius 2 is 2.23 bits per heavy atom. The summed E-state index contributed by atoms with van der Waals surface area (Å²) in [6, 6.07) is 0. The Morgan fingerprint density at radius 1 is 1.46 bits per heavy atom. The predicted octanol–water partition coefficient (Wildman–Crippen LogP) is 2.73. The molecular weight excluding hydrogens is 158 g/mol. The summed E-state index contributed by atoms with van der Waals surface area (Å²) in [6.45, 7) is 7.90. The lowest BCUT2D eigenvalue weighted by molar-refractivity contribution is 0.312. The molecule has 2 aliphatic carbocycles. The van der Waals surface area contributed by atoms with Gasteiger partial charge in [0.1, 0.15) is 0 Å². The van der Waals surface area contributed by atoms with Crippen molar-refractivity contribution in [2.24, 2.45) is 11.3 Å². The molecule has 2 bridgehead atoms. The lowest BCUT2D eigenvalue weighted by Gasteiger charge is -2.29. The molecule has 0 aromatic rings. The standard InChI is InChI=1S/C12H21N/c1-11(2,3)13-9-12-6-4-10(8-12)5-7-12/h4,6,10,13H,5,7-9H2,1-3H3. The first-order valence-corrected chi connectivity index (χ1v) is 5.44. The van der Waals surface area contributed by atoms with E-state index in [9.17, 15) is 0 Å². The fourth-order valence-corrected chi connectivity index (χ4v) is 2.52. The number of nitrogens with one attached hydrogen (secondary N) is 1. The SMILES string of the molecule is CC(C)(C)NCC12C=CC(CC1)C2. The maximum Gasteiger partial charge on any atom is 0.00968 e. The summed E-state index contributed by atoms with van der Waals surface area (Å²) < 4.78 is 0. The lowest BCUT2D eigenvalue weighted by Crippen LogP contribution is -2.42. The molecule has 1 fully saturated rings. The monoisotopic (exact) mass is 179 g/mol. The van der Waals surface area contributed by atoms with Gasteiger partial charge in [-0.25, -0.2) is 0 Å². The largest absolute Gasteiger partial charge is 0.311 e. The molecule has 2 rings (SSSR count). The van der Waals surface area contributed by atoms with E-state index in [4.69, 9.17) is 0 Å². The molecular formula is C12H21N. The fraction of sp³-hybridized carbons (Fsp3) is 0.833. The van der Waals surface area contributed by atoms with Crippen molar-refractivity contribution in [3.05, 3.63) is 12.2 Å². The second-order valence-electron chi connectivity index (χ2n) is 5.83. The molecule has 0 heterocycles. The Balaban J connectivity index is 1.92. The zero-order chi connectivity index (χ0) is 9.53. The van der Waals surface area contributed by atoms with Crippen LogP contribution in [-0.4, -0.2) is 12.1 Å². The second-order valence-corrected chi connectivity index (χ2v) is 5.83. The maximum atomic E-state index is 3.63. The van der Waals surface area contributed by atoms with Crippen molar-refractivity contribution >= 4 is 0 Å². The summed E-state index contributed by atoms with van der Waals surface area (Å²) in [5.41, 5.74) is 0.793. The molecule has 1 nitrogen and oxygen atoms in total. The van der Waals surface area contributed by atoms with Crippen LogP contribution in [0.2, 0.25) is 0 Å². The van der Waals surface area contributed by atoms with Gasteiger partial charge >= 0.3 is 0 Å². The Morgan fingerprint density at radius 3 is 2.62 bits per heavy atom. The van der Waals surface area contributed by atoms with Gasteiger partial charge in [0.05, 0.1) is 0 Å². The van der Waals surface area contributed by atoms with E-state index < -0.39 is 0 Å². The van der Waals surface area contributed by atoms with Crippen molar-refractivity contribution in [1.29, 1.82) is 0 Å². The third-order valence-corrected chi connectivity index (χ3v) is 3.37. The molecule has 0 aromatic heterocycles. The van der Waals surface area contributed by atoms with E-state index in [1.54, 1.807) is 0 Å². The fourth-order valence-electron chi connectivity index (χ4n) is 2.52. The maximum absolute atomic E-state index is 3.63. The van der Waals surface area contributed by atoms with Crippen LogP contribution in [0.1, 0.15) is 40.0 Å². The minimum absolute atomic E-state index is 0.267. The number of fused-ring (bicyclic) bond motifs is 2. The Labute approximate surface area is 81.6 Å². The third-order valence-electron chi connectivity index (χ3n) is 3.37. The van der Waals surface area contributed by atoms with Gasteiger partial charge in [-0.2, -0.15) is 0 Å². The van der Waals surface area contributed by atoms with Crippen LogP contribution < -0.4 is 5.32 Å². The highest BCUT2D eigenvalue weighted by Gasteiger charge is 2.40. The Hall–Kier alpha value is -0.300. The van der Waals surface area contributed by atoms with Crippen molar-refractivity contribution in [3.63, 3.8) is 0 Å². The van der Waals surface area contributed by atoms with E-state index in [1.807, 2.05) is 0 Å². The molecule has 1 saturated carbocycles. The normalized spacial score (nSPS) is 37.3. The third kappa shape index (κ3) is 1.96. The van der Waals surface area contributed by atoms with Crippen molar-refractivity contribution in [2.75, 3.05) is 6.54 Å². The van der Waals surface area contributed by atoms with E-state index in [1.165, 1.54) is 25.8 Å². The molecule has 2 atom stereocenters. The predicted molar refractivity (Wildman–Crippen MR) is 56.7 cm³/mol. The first-order chi connectivity index (χ1) is 5.99. The van der Waals surface area contributed by atoms with Crippen LogP contribution in [0.4, 0.5) is 0 Å². The van der Waals surface area contributed by atoms with Crippen LogP contribution in [0.25, 0.3) is 0 Å². The highest BCUT2D eigenvalue weighted by atomic mass is 15.0. The van der Waals surface area contributed by atoms with Gasteiger partial charge in [-0.05, 0) is 46.0 Å². The van der Waals surface area contributed by atoms with E-state index in [0.717, 1.165) is 5.92 Å². The quantitative estimate of drug-likeness (QED) is 0.643. The van der Waals surface area contributed by atoms with Gasteiger partial charge in [0.2, 0.25) is 0 Å². The average molecular weight is 179 g/mol. The van der Waals surface area contributed by atoms with Crippen molar-refractivity contribution in [1.82, 2.24) is 5.32 Å². The smallest absolute Gasteiger partial charge is 0.00968 e. The van der Waals surface area contributed by atoms with Crippen molar-refractivity contribution in [3.8, 4) is 0 Å². The summed E-state index contributed by atoms with van der Waals surface area (Å²) in [5.74, 6) is 0.904. The molecule has 74 valence electrons. The van der Waals surface area contributed by atoms with Crippen LogP contribution in [-0.2, 0) is 0 Å². The minimum atomic E-state index is 0.267. The molecule has 0 aromatic carbocycles. The van der Waals surface area contributed by atoms with Gasteiger partial charge in [-0.3, -0.25) is 0 Å². The summed E-state index contributed by atoms with van der Waals surface area (Å²) in [4.78, 5) is 0. The zero-order valence-corrected chi connectivity index (χ0v) is 9.06. The number of allylic oxidation sites excluding steroid dienone is 1. The van der Waals surface area contributed by atoms with Crippen molar-refractivity contribution < 1.29 is 0 Å². The van der Waals surface area contributed by atoms with Gasteiger partial charge in [-0.15, -0.1) is 0 Å². The summed E-state index contributed by atoms with van der Waals surface area (Å²) in [6.07, 6.45) is 9.10. The molecule has 0 spiro atoms. The molecule has 1 N–H and O–H groups in total.